The number of nitrogens with zero attached hydrogens (tertiary/aromatic N) is 1. The van der Waals surface area contributed by atoms with Crippen LogP contribution in [-0.4, -0.2) is 23.9 Å². The summed E-state index contributed by atoms with van der Waals surface area (Å²) >= 11 is 0. The molecule has 0 saturated carbocycles. The van der Waals surface area contributed by atoms with Crippen LogP contribution in [0.3, 0.4) is 0 Å². The van der Waals surface area contributed by atoms with Gasteiger partial charge in [0.2, 0.25) is 0 Å². The third kappa shape index (κ3) is 2.10. The Morgan fingerprint density at radius 3 is 2.78 bits per heavy atom. The maximum Gasteiger partial charge on any atom is 0.358 e. The number of hydrogen-bond acceptors (Lipinski definition) is 4. The molecular weight excluding hydrogens is 232 g/mol. The summed E-state index contributed by atoms with van der Waals surface area (Å²) < 4.78 is 0. The zero-order valence-electron chi connectivity index (χ0n) is 9.75. The van der Waals surface area contributed by atoms with Crippen LogP contribution in [0.1, 0.15) is 5.56 Å². The van der Waals surface area contributed by atoms with Crippen LogP contribution in [0.25, 0.3) is 10.8 Å². The van der Waals surface area contributed by atoms with Crippen molar-refractivity contribution < 1.29 is 14.7 Å². The van der Waals surface area contributed by atoms with Gasteiger partial charge in [-0.1, -0.05) is 29.4 Å². The fraction of sp³-hybridized carbons (Fsp3) is 0.0769. The molecule has 0 saturated heterocycles. The first-order valence-electron chi connectivity index (χ1n) is 5.26. The van der Waals surface area contributed by atoms with E-state index in [0.29, 0.717) is 11.3 Å². The fourth-order valence-corrected chi connectivity index (χ4v) is 1.75. The Hall–Kier alpha value is -2.56. The first-order chi connectivity index (χ1) is 8.63. The number of aliphatic carboxylic acids is 1. The smallest absolute Gasteiger partial charge is 0.358 e. The van der Waals surface area contributed by atoms with E-state index < -0.39 is 5.97 Å². The highest BCUT2D eigenvalue weighted by atomic mass is 16.6. The molecule has 0 aliphatic carbocycles. The summed E-state index contributed by atoms with van der Waals surface area (Å²) in [5.41, 5.74) is 6.75. The quantitative estimate of drug-likeness (QED) is 0.490. The lowest BCUT2D eigenvalue weighted by molar-refractivity contribution is -0.129. The molecular formula is C13H12N2O3. The van der Waals surface area contributed by atoms with Crippen molar-refractivity contribution in [3.63, 3.8) is 0 Å². The molecule has 0 fully saturated rings. The minimum atomic E-state index is -1.15. The maximum absolute atomic E-state index is 11.1. The minimum absolute atomic E-state index is 0.150. The molecule has 2 aromatic carbocycles. The first-order valence-corrected chi connectivity index (χ1v) is 5.26. The van der Waals surface area contributed by atoms with Crippen LogP contribution >= 0.6 is 0 Å². The lowest BCUT2D eigenvalue weighted by atomic mass is 10.0. The van der Waals surface area contributed by atoms with Crippen LogP contribution in [0.2, 0.25) is 0 Å². The number of rotatable bonds is 3. The van der Waals surface area contributed by atoms with Gasteiger partial charge in [-0.05, 0) is 17.5 Å². The molecule has 0 heterocycles. The summed E-state index contributed by atoms with van der Waals surface area (Å²) in [4.78, 5) is 15.6. The van der Waals surface area contributed by atoms with Crippen molar-refractivity contribution in [1.82, 2.24) is 0 Å². The van der Waals surface area contributed by atoms with E-state index in [2.05, 4.69) is 9.99 Å². The van der Waals surface area contributed by atoms with Crippen LogP contribution in [0.15, 0.2) is 41.6 Å². The number of anilines is 1. The predicted octanol–water partition coefficient (Wildman–Crippen LogP) is 1.86. The van der Waals surface area contributed by atoms with Gasteiger partial charge in [-0.3, -0.25) is 0 Å². The van der Waals surface area contributed by atoms with E-state index in [1.54, 1.807) is 24.3 Å². The highest BCUT2D eigenvalue weighted by Gasteiger charge is 2.14. The standard InChI is InChI=1S/C13H12N2O3/c1-18-15-12(13(16)17)9-6-5-8-3-2-4-11(14)10(8)7-9/h2-7H,14H2,1H3,(H,16,17)/b15-12+. The third-order valence-electron chi connectivity index (χ3n) is 2.57. The normalized spacial score (nSPS) is 11.5. The van der Waals surface area contributed by atoms with Crippen LogP contribution in [-0.2, 0) is 9.63 Å². The Morgan fingerprint density at radius 2 is 2.11 bits per heavy atom. The second-order valence-electron chi connectivity index (χ2n) is 3.71. The van der Waals surface area contributed by atoms with Gasteiger partial charge in [-0.2, -0.15) is 0 Å². The van der Waals surface area contributed by atoms with Crippen LogP contribution in [0.4, 0.5) is 5.69 Å². The Labute approximate surface area is 103 Å². The number of nitrogens with two attached hydrogens (primary N) is 1. The van der Waals surface area contributed by atoms with Crippen LogP contribution < -0.4 is 5.73 Å². The zero-order valence-corrected chi connectivity index (χ0v) is 9.75. The average Bonchev–Trinajstić information content (AvgIpc) is 2.36. The number of carboxylic acid groups (broad SMARTS) is 1. The van der Waals surface area contributed by atoms with E-state index in [-0.39, 0.29) is 5.71 Å². The molecule has 5 nitrogen and oxygen atoms in total. The third-order valence-corrected chi connectivity index (χ3v) is 2.57. The molecule has 0 amide bonds. The van der Waals surface area contributed by atoms with Crippen LogP contribution in [0, 0.1) is 0 Å². The van der Waals surface area contributed by atoms with Gasteiger partial charge < -0.3 is 15.7 Å². The van der Waals surface area contributed by atoms with Gasteiger partial charge in [0.05, 0.1) is 0 Å². The molecule has 5 heteroatoms. The fourth-order valence-electron chi connectivity index (χ4n) is 1.75. The lowest BCUT2D eigenvalue weighted by Gasteiger charge is -2.05. The summed E-state index contributed by atoms with van der Waals surface area (Å²) in [5.74, 6) is -1.15. The van der Waals surface area contributed by atoms with Gasteiger partial charge in [0.1, 0.15) is 7.11 Å². The second-order valence-corrected chi connectivity index (χ2v) is 3.71. The Kier molecular flexibility index (Phi) is 3.14. The number of fused-ring (bicyclic) bond motifs is 1. The summed E-state index contributed by atoms with van der Waals surface area (Å²) in [6.07, 6.45) is 0. The van der Waals surface area contributed by atoms with Crippen molar-refractivity contribution in [2.45, 2.75) is 0 Å². The van der Waals surface area contributed by atoms with E-state index in [1.165, 1.54) is 7.11 Å². The molecule has 2 rings (SSSR count). The second kappa shape index (κ2) is 4.75. The minimum Gasteiger partial charge on any atom is -0.476 e. The van der Waals surface area contributed by atoms with Gasteiger partial charge in [0.15, 0.2) is 5.71 Å². The Morgan fingerprint density at radius 1 is 1.33 bits per heavy atom. The topological polar surface area (TPSA) is 84.9 Å². The number of hydrogen-bond donors (Lipinski definition) is 2. The highest BCUT2D eigenvalue weighted by Crippen LogP contribution is 2.22. The molecule has 0 aliphatic heterocycles. The summed E-state index contributed by atoms with van der Waals surface area (Å²) in [6, 6.07) is 10.7. The summed E-state index contributed by atoms with van der Waals surface area (Å²) in [7, 11) is 1.30. The van der Waals surface area contributed by atoms with Crippen molar-refractivity contribution >= 4 is 28.1 Å². The molecule has 92 valence electrons. The van der Waals surface area contributed by atoms with Gasteiger partial charge >= 0.3 is 5.97 Å². The molecule has 0 spiro atoms. The Balaban J connectivity index is 2.62. The molecule has 0 bridgehead atoms. The molecule has 0 aromatic heterocycles. The summed E-state index contributed by atoms with van der Waals surface area (Å²) in [6.45, 7) is 0. The van der Waals surface area contributed by atoms with Crippen molar-refractivity contribution in [2.24, 2.45) is 5.16 Å². The van der Waals surface area contributed by atoms with E-state index in [1.807, 2.05) is 12.1 Å². The van der Waals surface area contributed by atoms with Crippen LogP contribution in [0.5, 0.6) is 0 Å². The number of carbonyl (C=O) groups is 1. The van der Waals surface area contributed by atoms with Gasteiger partial charge in [-0.15, -0.1) is 0 Å². The maximum atomic E-state index is 11.1. The number of carboxylic acids is 1. The molecule has 0 unspecified atom stereocenters. The van der Waals surface area contributed by atoms with Crippen molar-refractivity contribution in [3.05, 3.63) is 42.0 Å². The molecule has 0 aliphatic rings. The number of oxime groups is 1. The molecule has 0 atom stereocenters. The monoisotopic (exact) mass is 244 g/mol. The van der Waals surface area contributed by atoms with Crippen molar-refractivity contribution in [2.75, 3.05) is 12.8 Å². The SMILES string of the molecule is CO/N=C(/C(=O)O)c1ccc2cccc(N)c2c1. The van der Waals surface area contributed by atoms with Crippen molar-refractivity contribution in [1.29, 1.82) is 0 Å². The van der Waals surface area contributed by atoms with Gasteiger partial charge in [-0.25, -0.2) is 4.79 Å². The first kappa shape index (κ1) is 11.9. The predicted molar refractivity (Wildman–Crippen MR) is 69.5 cm³/mol. The molecule has 18 heavy (non-hydrogen) atoms. The highest BCUT2D eigenvalue weighted by molar-refractivity contribution is 6.42. The lowest BCUT2D eigenvalue weighted by Crippen LogP contribution is -2.14. The molecule has 3 N–H and O–H groups in total. The Bertz CT molecular complexity index is 635. The van der Waals surface area contributed by atoms with Gasteiger partial charge in [0.25, 0.3) is 0 Å². The molecule has 0 radical (unpaired) electrons. The van der Waals surface area contributed by atoms with E-state index in [0.717, 1.165) is 10.8 Å². The molecule has 2 aromatic rings. The number of nitrogen functional groups attached to an aromatic ring is 1. The summed E-state index contributed by atoms with van der Waals surface area (Å²) in [5, 5.41) is 14.3. The van der Waals surface area contributed by atoms with E-state index >= 15 is 0 Å². The number of benzene rings is 2. The van der Waals surface area contributed by atoms with E-state index in [4.69, 9.17) is 10.8 Å². The average molecular weight is 244 g/mol. The van der Waals surface area contributed by atoms with Crippen molar-refractivity contribution in [3.8, 4) is 0 Å². The zero-order chi connectivity index (χ0) is 13.1. The van der Waals surface area contributed by atoms with Gasteiger partial charge in [0, 0.05) is 16.6 Å². The van der Waals surface area contributed by atoms with E-state index in [9.17, 15) is 4.79 Å². The largest absolute Gasteiger partial charge is 0.476 e.